The van der Waals surface area contributed by atoms with Gasteiger partial charge in [0.25, 0.3) is 0 Å². The fraction of sp³-hybridized carbons (Fsp3) is 0.600. The van der Waals surface area contributed by atoms with E-state index in [2.05, 4.69) is 34.9 Å². The van der Waals surface area contributed by atoms with Crippen LogP contribution in [0.5, 0.6) is 0 Å². The summed E-state index contributed by atoms with van der Waals surface area (Å²) in [5.74, 6) is 1.16. The van der Waals surface area contributed by atoms with E-state index >= 15 is 0 Å². The molecular weight excluding hydrogens is 314 g/mol. The summed E-state index contributed by atoms with van der Waals surface area (Å²) in [6.07, 6.45) is 6.15. The van der Waals surface area contributed by atoms with Gasteiger partial charge < -0.3 is 15.5 Å². The van der Waals surface area contributed by atoms with Crippen molar-refractivity contribution in [3.63, 3.8) is 0 Å². The Hall–Kier alpha value is -2.04. The Morgan fingerprint density at radius 3 is 2.44 bits per heavy atom. The first-order valence-corrected chi connectivity index (χ1v) is 9.57. The van der Waals surface area contributed by atoms with Crippen LogP contribution in [0.4, 0.5) is 4.79 Å². The molecule has 4 rings (SSSR count). The van der Waals surface area contributed by atoms with Crippen LogP contribution in [0.15, 0.2) is 24.3 Å². The van der Waals surface area contributed by atoms with Crippen LogP contribution in [0, 0.1) is 11.8 Å². The molecule has 5 heteroatoms. The van der Waals surface area contributed by atoms with Crippen LogP contribution in [-0.4, -0.2) is 42.5 Å². The van der Waals surface area contributed by atoms with E-state index in [-0.39, 0.29) is 17.9 Å². The lowest BCUT2D eigenvalue weighted by Crippen LogP contribution is -2.39. The molecule has 0 aromatic heterocycles. The first-order valence-electron chi connectivity index (χ1n) is 9.57. The van der Waals surface area contributed by atoms with Crippen LogP contribution in [0.25, 0.3) is 0 Å². The molecule has 25 heavy (non-hydrogen) atoms. The third-order valence-electron chi connectivity index (χ3n) is 5.75. The van der Waals surface area contributed by atoms with E-state index in [0.717, 1.165) is 38.6 Å². The highest BCUT2D eigenvalue weighted by molar-refractivity contribution is 5.79. The highest BCUT2D eigenvalue weighted by atomic mass is 16.2. The third kappa shape index (κ3) is 3.97. The smallest absolute Gasteiger partial charge is 0.314 e. The predicted molar refractivity (Wildman–Crippen MR) is 96.2 cm³/mol. The topological polar surface area (TPSA) is 61.4 Å². The molecule has 5 nitrogen and oxygen atoms in total. The molecule has 0 radical (unpaired) electrons. The Morgan fingerprint density at radius 1 is 1.04 bits per heavy atom. The van der Waals surface area contributed by atoms with Crippen molar-refractivity contribution < 1.29 is 9.59 Å². The van der Waals surface area contributed by atoms with E-state index in [9.17, 15) is 9.59 Å². The summed E-state index contributed by atoms with van der Waals surface area (Å²) in [5.41, 5.74) is 2.92. The molecule has 1 saturated heterocycles. The monoisotopic (exact) mass is 341 g/mol. The standard InChI is InChI=1S/C20H27N3O2/c24-19-11-15(13-23(19)18-5-6-18)12-22-20(25)21-8-7-14-9-16-3-1-2-4-17(16)10-14/h1-4,14-15,18H,5-13H2,(H2,21,22,25)/t15-/m1/s1. The van der Waals surface area contributed by atoms with Gasteiger partial charge in [0.2, 0.25) is 5.91 Å². The van der Waals surface area contributed by atoms with Crippen LogP contribution < -0.4 is 10.6 Å². The second-order valence-electron chi connectivity index (χ2n) is 7.82. The third-order valence-corrected chi connectivity index (χ3v) is 5.75. The highest BCUT2D eigenvalue weighted by Crippen LogP contribution is 2.32. The maximum atomic E-state index is 12.0. The Kier molecular flexibility index (Phi) is 4.64. The number of rotatable bonds is 6. The van der Waals surface area contributed by atoms with Gasteiger partial charge in [-0.25, -0.2) is 4.79 Å². The summed E-state index contributed by atoms with van der Waals surface area (Å²) in [5, 5.41) is 5.91. The molecule has 1 saturated carbocycles. The van der Waals surface area contributed by atoms with Crippen molar-refractivity contribution in [3.8, 4) is 0 Å². The van der Waals surface area contributed by atoms with Gasteiger partial charge in [0.05, 0.1) is 0 Å². The number of carbonyl (C=O) groups is 2. The fourth-order valence-electron chi connectivity index (χ4n) is 4.23. The van der Waals surface area contributed by atoms with Crippen LogP contribution in [0.1, 0.15) is 36.8 Å². The van der Waals surface area contributed by atoms with E-state index in [1.807, 2.05) is 4.90 Å². The molecule has 1 aliphatic heterocycles. The second-order valence-corrected chi connectivity index (χ2v) is 7.82. The van der Waals surface area contributed by atoms with Crippen LogP contribution >= 0.6 is 0 Å². The van der Waals surface area contributed by atoms with Crippen LogP contribution in [0.3, 0.4) is 0 Å². The molecular formula is C20H27N3O2. The van der Waals surface area contributed by atoms with Crippen molar-refractivity contribution in [1.82, 2.24) is 15.5 Å². The number of amides is 3. The van der Waals surface area contributed by atoms with Crippen molar-refractivity contribution >= 4 is 11.9 Å². The number of nitrogens with one attached hydrogen (secondary N) is 2. The maximum Gasteiger partial charge on any atom is 0.314 e. The van der Waals surface area contributed by atoms with E-state index in [0.29, 0.717) is 31.5 Å². The number of carbonyl (C=O) groups excluding carboxylic acids is 2. The quantitative estimate of drug-likeness (QED) is 0.832. The molecule has 2 fully saturated rings. The number of likely N-dealkylation sites (tertiary alicyclic amines) is 1. The van der Waals surface area contributed by atoms with Gasteiger partial charge in [-0.05, 0) is 49.1 Å². The molecule has 1 aromatic rings. The molecule has 0 spiro atoms. The zero-order chi connectivity index (χ0) is 17.2. The highest BCUT2D eigenvalue weighted by Gasteiger charge is 2.39. The van der Waals surface area contributed by atoms with Gasteiger partial charge in [-0.1, -0.05) is 24.3 Å². The Balaban J connectivity index is 1.12. The molecule has 0 unspecified atom stereocenters. The summed E-state index contributed by atoms with van der Waals surface area (Å²) in [7, 11) is 0. The van der Waals surface area contributed by atoms with Gasteiger partial charge in [0, 0.05) is 38.0 Å². The zero-order valence-corrected chi connectivity index (χ0v) is 14.7. The number of hydrogen-bond donors (Lipinski definition) is 2. The SMILES string of the molecule is O=C(NCCC1Cc2ccccc2C1)NC[C@H]1CC(=O)N(C2CC2)C1. The maximum absolute atomic E-state index is 12.0. The van der Waals surface area contributed by atoms with Gasteiger partial charge >= 0.3 is 6.03 Å². The summed E-state index contributed by atoms with van der Waals surface area (Å²) in [4.78, 5) is 25.9. The molecule has 3 amide bonds. The van der Waals surface area contributed by atoms with Crippen molar-refractivity contribution in [2.75, 3.05) is 19.6 Å². The van der Waals surface area contributed by atoms with E-state index < -0.39 is 0 Å². The van der Waals surface area contributed by atoms with Gasteiger partial charge in [0.15, 0.2) is 0 Å². The summed E-state index contributed by atoms with van der Waals surface area (Å²) >= 11 is 0. The Bertz CT molecular complexity index is 631. The van der Waals surface area contributed by atoms with Crippen molar-refractivity contribution in [3.05, 3.63) is 35.4 Å². The lowest BCUT2D eigenvalue weighted by Gasteiger charge is -2.16. The molecule has 1 heterocycles. The van der Waals surface area contributed by atoms with Crippen LogP contribution in [0.2, 0.25) is 0 Å². The molecule has 1 atom stereocenters. The Morgan fingerprint density at radius 2 is 1.76 bits per heavy atom. The molecule has 2 N–H and O–H groups in total. The van der Waals surface area contributed by atoms with Gasteiger partial charge in [0.1, 0.15) is 0 Å². The molecule has 3 aliphatic rings. The van der Waals surface area contributed by atoms with Crippen molar-refractivity contribution in [2.45, 2.75) is 44.6 Å². The zero-order valence-electron chi connectivity index (χ0n) is 14.7. The minimum Gasteiger partial charge on any atom is -0.339 e. The first-order chi connectivity index (χ1) is 12.2. The minimum atomic E-state index is -0.104. The first kappa shape index (κ1) is 16.4. The predicted octanol–water partition coefficient (Wildman–Crippen LogP) is 2.10. The largest absolute Gasteiger partial charge is 0.339 e. The number of benzene rings is 1. The number of urea groups is 1. The van der Waals surface area contributed by atoms with E-state index in [4.69, 9.17) is 0 Å². The van der Waals surface area contributed by atoms with Crippen molar-refractivity contribution in [1.29, 1.82) is 0 Å². The molecule has 2 aliphatic carbocycles. The van der Waals surface area contributed by atoms with Gasteiger partial charge in [-0.2, -0.15) is 0 Å². The van der Waals surface area contributed by atoms with Gasteiger partial charge in [-0.15, -0.1) is 0 Å². The second kappa shape index (κ2) is 7.06. The van der Waals surface area contributed by atoms with E-state index in [1.165, 1.54) is 11.1 Å². The van der Waals surface area contributed by atoms with Gasteiger partial charge in [-0.3, -0.25) is 4.79 Å². The fourth-order valence-corrected chi connectivity index (χ4v) is 4.23. The lowest BCUT2D eigenvalue weighted by atomic mass is 10.0. The average molecular weight is 341 g/mol. The summed E-state index contributed by atoms with van der Waals surface area (Å²) in [6.45, 7) is 2.11. The molecule has 1 aromatic carbocycles. The minimum absolute atomic E-state index is 0.104. The summed E-state index contributed by atoms with van der Waals surface area (Å²) < 4.78 is 0. The van der Waals surface area contributed by atoms with Crippen molar-refractivity contribution in [2.24, 2.45) is 11.8 Å². The molecule has 0 bridgehead atoms. The number of fused-ring (bicyclic) bond motifs is 1. The average Bonchev–Trinajstić information content (AvgIpc) is 3.25. The summed E-state index contributed by atoms with van der Waals surface area (Å²) in [6, 6.07) is 9.01. The molecule has 134 valence electrons. The lowest BCUT2D eigenvalue weighted by molar-refractivity contribution is -0.128. The number of nitrogens with zero attached hydrogens (tertiary/aromatic N) is 1. The van der Waals surface area contributed by atoms with E-state index in [1.54, 1.807) is 0 Å². The number of hydrogen-bond acceptors (Lipinski definition) is 2. The van der Waals surface area contributed by atoms with Crippen LogP contribution in [-0.2, 0) is 17.6 Å². The Labute approximate surface area is 149 Å². The normalized spacial score (nSPS) is 23.0.